The molecule has 1 aromatic heterocycles. The number of halogens is 1. The summed E-state index contributed by atoms with van der Waals surface area (Å²) in [6.07, 6.45) is 2.04. The van der Waals surface area contributed by atoms with Crippen molar-refractivity contribution >= 4 is 18.3 Å². The Labute approximate surface area is 143 Å². The van der Waals surface area contributed by atoms with Crippen LogP contribution in [0.5, 0.6) is 0 Å². The topological polar surface area (TPSA) is 81.2 Å². The maximum atomic E-state index is 12.1. The molecule has 1 unspecified atom stereocenters. The van der Waals surface area contributed by atoms with Gasteiger partial charge in [-0.1, -0.05) is 49.3 Å². The third kappa shape index (κ3) is 5.08. The molecule has 0 aliphatic rings. The van der Waals surface area contributed by atoms with E-state index in [4.69, 9.17) is 10.3 Å². The normalized spacial score (nSPS) is 11.8. The van der Waals surface area contributed by atoms with E-state index in [-0.39, 0.29) is 18.3 Å². The van der Waals surface area contributed by atoms with E-state index in [1.54, 1.807) is 0 Å². The van der Waals surface area contributed by atoms with E-state index in [0.717, 1.165) is 24.1 Å². The van der Waals surface area contributed by atoms with E-state index < -0.39 is 6.04 Å². The van der Waals surface area contributed by atoms with Gasteiger partial charge in [-0.05, 0) is 18.4 Å². The quantitative estimate of drug-likeness (QED) is 0.812. The number of hydrogen-bond donors (Lipinski definition) is 2. The van der Waals surface area contributed by atoms with Gasteiger partial charge in [0.05, 0.1) is 12.2 Å². The number of aromatic nitrogens is 1. The molecule has 1 atom stereocenters. The van der Waals surface area contributed by atoms with E-state index in [9.17, 15) is 4.79 Å². The van der Waals surface area contributed by atoms with Gasteiger partial charge in [-0.25, -0.2) is 0 Å². The molecule has 0 saturated carbocycles. The zero-order valence-corrected chi connectivity index (χ0v) is 14.3. The van der Waals surface area contributed by atoms with Gasteiger partial charge >= 0.3 is 0 Å². The predicted molar refractivity (Wildman–Crippen MR) is 92.3 cm³/mol. The number of benzene rings is 1. The van der Waals surface area contributed by atoms with Crippen LogP contribution in [0, 0.1) is 0 Å². The van der Waals surface area contributed by atoms with E-state index in [1.807, 2.05) is 36.4 Å². The summed E-state index contributed by atoms with van der Waals surface area (Å²) in [6.45, 7) is 4.55. The maximum absolute atomic E-state index is 12.1. The van der Waals surface area contributed by atoms with Crippen LogP contribution in [0.2, 0.25) is 0 Å². The van der Waals surface area contributed by atoms with Gasteiger partial charge in [0.1, 0.15) is 6.04 Å². The molecule has 0 bridgehead atoms. The number of carbonyl (C=O) groups is 1. The van der Waals surface area contributed by atoms with Crippen molar-refractivity contribution in [2.24, 2.45) is 5.73 Å². The Hall–Kier alpha value is -1.85. The lowest BCUT2D eigenvalue weighted by Crippen LogP contribution is -2.33. The fraction of sp³-hybridized carbons (Fsp3) is 0.412. The zero-order chi connectivity index (χ0) is 15.9. The van der Waals surface area contributed by atoms with Gasteiger partial charge in [-0.3, -0.25) is 4.79 Å². The Morgan fingerprint density at radius 3 is 2.52 bits per heavy atom. The lowest BCUT2D eigenvalue weighted by Gasteiger charge is -2.11. The Kier molecular flexibility index (Phi) is 7.78. The summed E-state index contributed by atoms with van der Waals surface area (Å²) in [5.41, 5.74) is 7.67. The standard InChI is InChI=1S/C17H23N3O2.ClH/c1-3-12(4-2)15-10-14(22-20-15)11-19-17(21)16(18)13-8-6-5-7-9-13;/h5-10,12,16H,3-4,11,18H2,1-2H3,(H,19,21);1H. The molecule has 126 valence electrons. The molecule has 1 aromatic carbocycles. The van der Waals surface area contributed by atoms with Crippen molar-refractivity contribution in [3.8, 4) is 0 Å². The molecule has 0 spiro atoms. The molecule has 0 fully saturated rings. The number of amides is 1. The highest BCUT2D eigenvalue weighted by molar-refractivity contribution is 5.85. The number of nitrogens with one attached hydrogen (secondary N) is 1. The molecule has 0 aliphatic heterocycles. The first kappa shape index (κ1) is 19.2. The van der Waals surface area contributed by atoms with Crippen molar-refractivity contribution in [2.45, 2.75) is 45.2 Å². The second kappa shape index (κ2) is 9.33. The Morgan fingerprint density at radius 1 is 1.26 bits per heavy atom. The van der Waals surface area contributed by atoms with E-state index >= 15 is 0 Å². The largest absolute Gasteiger partial charge is 0.359 e. The summed E-state index contributed by atoms with van der Waals surface area (Å²) in [6, 6.07) is 10.5. The molecule has 0 aliphatic carbocycles. The van der Waals surface area contributed by atoms with E-state index in [0.29, 0.717) is 18.2 Å². The smallest absolute Gasteiger partial charge is 0.241 e. The van der Waals surface area contributed by atoms with Gasteiger partial charge in [0, 0.05) is 12.0 Å². The summed E-state index contributed by atoms with van der Waals surface area (Å²) >= 11 is 0. The molecule has 0 radical (unpaired) electrons. The molecule has 6 heteroatoms. The van der Waals surface area contributed by atoms with Gasteiger partial charge in [0.2, 0.25) is 5.91 Å². The minimum absolute atomic E-state index is 0. The first-order valence-corrected chi connectivity index (χ1v) is 7.69. The van der Waals surface area contributed by atoms with Crippen LogP contribution in [0.15, 0.2) is 40.9 Å². The molecule has 1 amide bonds. The van der Waals surface area contributed by atoms with Crippen molar-refractivity contribution in [2.75, 3.05) is 0 Å². The Balaban J connectivity index is 0.00000264. The minimum Gasteiger partial charge on any atom is -0.359 e. The average molecular weight is 338 g/mol. The highest BCUT2D eigenvalue weighted by atomic mass is 35.5. The third-order valence-corrected chi connectivity index (χ3v) is 3.86. The molecule has 3 N–H and O–H groups in total. The summed E-state index contributed by atoms with van der Waals surface area (Å²) in [5, 5.41) is 6.87. The summed E-state index contributed by atoms with van der Waals surface area (Å²) in [7, 11) is 0. The van der Waals surface area contributed by atoms with Crippen molar-refractivity contribution in [1.29, 1.82) is 0 Å². The molecular weight excluding hydrogens is 314 g/mol. The molecule has 2 rings (SSSR count). The molecular formula is C17H24ClN3O2. The van der Waals surface area contributed by atoms with E-state index in [1.165, 1.54) is 0 Å². The van der Waals surface area contributed by atoms with Crippen LogP contribution in [0.3, 0.4) is 0 Å². The lowest BCUT2D eigenvalue weighted by molar-refractivity contribution is -0.122. The monoisotopic (exact) mass is 337 g/mol. The molecule has 5 nitrogen and oxygen atoms in total. The van der Waals surface area contributed by atoms with Crippen molar-refractivity contribution in [1.82, 2.24) is 10.5 Å². The fourth-order valence-electron chi connectivity index (χ4n) is 2.41. The zero-order valence-electron chi connectivity index (χ0n) is 13.5. The molecule has 23 heavy (non-hydrogen) atoms. The van der Waals surface area contributed by atoms with Crippen molar-refractivity contribution < 1.29 is 9.32 Å². The predicted octanol–water partition coefficient (Wildman–Crippen LogP) is 3.32. The van der Waals surface area contributed by atoms with Crippen LogP contribution in [0.1, 0.15) is 55.7 Å². The first-order chi connectivity index (χ1) is 10.7. The first-order valence-electron chi connectivity index (χ1n) is 7.69. The number of nitrogens with two attached hydrogens (primary N) is 1. The second-order valence-electron chi connectivity index (χ2n) is 5.34. The van der Waals surface area contributed by atoms with Crippen molar-refractivity contribution in [3.05, 3.63) is 53.4 Å². The van der Waals surface area contributed by atoms with Crippen LogP contribution in [0.4, 0.5) is 0 Å². The van der Waals surface area contributed by atoms with Crippen LogP contribution < -0.4 is 11.1 Å². The van der Waals surface area contributed by atoms with E-state index in [2.05, 4.69) is 24.3 Å². The van der Waals surface area contributed by atoms with Crippen LogP contribution >= 0.6 is 12.4 Å². The maximum Gasteiger partial charge on any atom is 0.241 e. The molecule has 0 saturated heterocycles. The van der Waals surface area contributed by atoms with Gasteiger partial charge in [0.25, 0.3) is 0 Å². The second-order valence-corrected chi connectivity index (χ2v) is 5.34. The third-order valence-electron chi connectivity index (χ3n) is 3.86. The van der Waals surface area contributed by atoms with Crippen molar-refractivity contribution in [3.63, 3.8) is 0 Å². The Bertz CT molecular complexity index is 597. The van der Waals surface area contributed by atoms with Gasteiger partial charge < -0.3 is 15.6 Å². The summed E-state index contributed by atoms with van der Waals surface area (Å²) in [5.74, 6) is 0.821. The number of nitrogens with zero attached hydrogens (tertiary/aromatic N) is 1. The minimum atomic E-state index is -0.678. The Morgan fingerprint density at radius 2 is 1.91 bits per heavy atom. The number of carbonyl (C=O) groups excluding carboxylic acids is 1. The highest BCUT2D eigenvalue weighted by Crippen LogP contribution is 2.22. The van der Waals surface area contributed by atoms with Crippen LogP contribution in [-0.4, -0.2) is 11.1 Å². The lowest BCUT2D eigenvalue weighted by atomic mass is 9.99. The number of hydrogen-bond acceptors (Lipinski definition) is 4. The van der Waals surface area contributed by atoms with Gasteiger partial charge in [-0.2, -0.15) is 0 Å². The summed E-state index contributed by atoms with van der Waals surface area (Å²) < 4.78 is 5.28. The van der Waals surface area contributed by atoms with Crippen LogP contribution in [0.25, 0.3) is 0 Å². The van der Waals surface area contributed by atoms with Gasteiger partial charge in [0.15, 0.2) is 5.76 Å². The highest BCUT2D eigenvalue weighted by Gasteiger charge is 2.17. The van der Waals surface area contributed by atoms with Crippen LogP contribution in [-0.2, 0) is 11.3 Å². The molecule has 1 heterocycles. The average Bonchev–Trinajstić information content (AvgIpc) is 3.02. The van der Waals surface area contributed by atoms with Gasteiger partial charge in [-0.15, -0.1) is 12.4 Å². The number of rotatable bonds is 7. The molecule has 2 aromatic rings. The fourth-order valence-corrected chi connectivity index (χ4v) is 2.41. The summed E-state index contributed by atoms with van der Waals surface area (Å²) in [4.78, 5) is 12.1. The SMILES string of the molecule is CCC(CC)c1cc(CNC(=O)C(N)c2ccccc2)on1.Cl.